The molecular formula is C26H24FN3OS. The van der Waals surface area contributed by atoms with Crippen LogP contribution in [0.25, 0.3) is 10.9 Å². The van der Waals surface area contributed by atoms with E-state index < -0.39 is 0 Å². The van der Waals surface area contributed by atoms with Crippen LogP contribution in [0.1, 0.15) is 22.3 Å². The molecule has 0 saturated carbocycles. The molecule has 0 aliphatic carbocycles. The first-order valence-electron chi connectivity index (χ1n) is 10.4. The Morgan fingerprint density at radius 3 is 2.34 bits per heavy atom. The zero-order valence-corrected chi connectivity index (χ0v) is 18.8. The summed E-state index contributed by atoms with van der Waals surface area (Å²) in [5.74, 6) is -0.290. The monoisotopic (exact) mass is 445 g/mol. The number of pyridine rings is 1. The Morgan fingerprint density at radius 2 is 1.62 bits per heavy atom. The van der Waals surface area contributed by atoms with E-state index in [9.17, 15) is 9.18 Å². The van der Waals surface area contributed by atoms with E-state index in [4.69, 9.17) is 12.2 Å². The molecule has 4 aromatic rings. The molecule has 0 aliphatic rings. The fourth-order valence-corrected chi connectivity index (χ4v) is 3.79. The van der Waals surface area contributed by atoms with Crippen LogP contribution in [-0.2, 0) is 13.1 Å². The lowest BCUT2D eigenvalue weighted by atomic mass is 10.1. The zero-order valence-electron chi connectivity index (χ0n) is 18.0. The van der Waals surface area contributed by atoms with Crippen molar-refractivity contribution in [1.82, 2.24) is 9.88 Å². The molecule has 0 fully saturated rings. The number of aromatic nitrogens is 1. The molecule has 0 aliphatic heterocycles. The second kappa shape index (κ2) is 9.32. The van der Waals surface area contributed by atoms with Crippen LogP contribution in [0.4, 0.5) is 10.1 Å². The van der Waals surface area contributed by atoms with E-state index in [-0.39, 0.29) is 11.4 Å². The van der Waals surface area contributed by atoms with Crippen LogP contribution in [0.5, 0.6) is 0 Å². The number of anilines is 1. The first-order valence-corrected chi connectivity index (χ1v) is 10.8. The van der Waals surface area contributed by atoms with Crippen molar-refractivity contribution in [1.29, 1.82) is 0 Å². The highest BCUT2D eigenvalue weighted by Crippen LogP contribution is 2.17. The van der Waals surface area contributed by atoms with Crippen molar-refractivity contribution < 1.29 is 4.39 Å². The van der Waals surface area contributed by atoms with E-state index in [2.05, 4.69) is 10.3 Å². The van der Waals surface area contributed by atoms with Crippen molar-refractivity contribution >= 4 is 33.9 Å². The van der Waals surface area contributed by atoms with Crippen molar-refractivity contribution in [2.45, 2.75) is 26.9 Å². The quantitative estimate of drug-likeness (QED) is 0.388. The Kier molecular flexibility index (Phi) is 6.32. The van der Waals surface area contributed by atoms with Gasteiger partial charge in [-0.1, -0.05) is 41.5 Å². The van der Waals surface area contributed by atoms with E-state index in [1.54, 1.807) is 12.1 Å². The average Bonchev–Trinajstić information content (AvgIpc) is 2.77. The topological polar surface area (TPSA) is 48.1 Å². The van der Waals surface area contributed by atoms with Gasteiger partial charge in [-0.05, 0) is 79.5 Å². The van der Waals surface area contributed by atoms with Crippen molar-refractivity contribution in [2.75, 3.05) is 5.32 Å². The average molecular weight is 446 g/mol. The van der Waals surface area contributed by atoms with Gasteiger partial charge in [0.25, 0.3) is 5.56 Å². The smallest absolute Gasteiger partial charge is 0.253 e. The summed E-state index contributed by atoms with van der Waals surface area (Å²) < 4.78 is 13.4. The second-order valence-corrected chi connectivity index (χ2v) is 8.38. The van der Waals surface area contributed by atoms with E-state index in [0.29, 0.717) is 23.8 Å². The Bertz CT molecular complexity index is 1310. The number of aromatic amines is 1. The fraction of sp³-hybridized carbons (Fsp3) is 0.154. The van der Waals surface area contributed by atoms with E-state index >= 15 is 0 Å². The maximum Gasteiger partial charge on any atom is 0.253 e. The molecule has 0 bridgehead atoms. The van der Waals surface area contributed by atoms with Gasteiger partial charge in [-0.2, -0.15) is 0 Å². The first-order chi connectivity index (χ1) is 15.4. The number of thiocarbonyl (C=S) groups is 1. The van der Waals surface area contributed by atoms with Crippen LogP contribution in [-0.4, -0.2) is 15.0 Å². The molecule has 0 saturated heterocycles. The lowest BCUT2D eigenvalue weighted by molar-refractivity contribution is 0.411. The van der Waals surface area contributed by atoms with Gasteiger partial charge in [0.2, 0.25) is 0 Å². The van der Waals surface area contributed by atoms with Crippen LogP contribution in [0.3, 0.4) is 0 Å². The molecule has 0 spiro atoms. The third-order valence-electron chi connectivity index (χ3n) is 5.31. The minimum absolute atomic E-state index is 0.149. The number of nitrogens with one attached hydrogen (secondary N) is 2. The van der Waals surface area contributed by atoms with Gasteiger partial charge in [-0.15, -0.1) is 0 Å². The number of hydrogen-bond acceptors (Lipinski definition) is 2. The molecule has 0 atom stereocenters. The molecule has 0 unspecified atom stereocenters. The molecule has 0 amide bonds. The molecule has 2 N–H and O–H groups in total. The van der Waals surface area contributed by atoms with Gasteiger partial charge in [-0.25, -0.2) is 4.39 Å². The Morgan fingerprint density at radius 1 is 0.938 bits per heavy atom. The summed E-state index contributed by atoms with van der Waals surface area (Å²) in [6.07, 6.45) is 0. The summed E-state index contributed by atoms with van der Waals surface area (Å²) in [4.78, 5) is 17.6. The molecule has 162 valence electrons. The molecule has 0 radical (unpaired) electrons. The summed E-state index contributed by atoms with van der Waals surface area (Å²) in [5.41, 5.74) is 5.30. The second-order valence-electron chi connectivity index (χ2n) is 7.99. The van der Waals surface area contributed by atoms with Gasteiger partial charge in [0.15, 0.2) is 5.11 Å². The minimum Gasteiger partial charge on any atom is -0.340 e. The molecule has 32 heavy (non-hydrogen) atoms. The standard InChI is InChI=1S/C26H24FN3OS/c1-17-3-10-23(11-4-17)28-26(32)30(15-19-6-8-22(27)9-7-19)16-21-14-20-13-18(2)5-12-24(20)29-25(21)31/h3-14H,15-16H2,1-2H3,(H,28,32)(H,29,31). The van der Waals surface area contributed by atoms with Crippen molar-refractivity contribution in [3.63, 3.8) is 0 Å². The highest BCUT2D eigenvalue weighted by molar-refractivity contribution is 7.80. The van der Waals surface area contributed by atoms with Gasteiger partial charge < -0.3 is 15.2 Å². The van der Waals surface area contributed by atoms with Crippen molar-refractivity contribution in [2.24, 2.45) is 0 Å². The van der Waals surface area contributed by atoms with E-state index in [0.717, 1.165) is 33.3 Å². The normalized spacial score (nSPS) is 10.8. The van der Waals surface area contributed by atoms with Crippen LogP contribution in [0, 0.1) is 19.7 Å². The number of H-pyrrole nitrogens is 1. The van der Waals surface area contributed by atoms with Gasteiger partial charge in [-0.3, -0.25) is 4.79 Å². The number of nitrogens with zero attached hydrogens (tertiary/aromatic N) is 1. The summed E-state index contributed by atoms with van der Waals surface area (Å²) in [5, 5.41) is 4.72. The minimum atomic E-state index is -0.290. The highest BCUT2D eigenvalue weighted by atomic mass is 32.1. The molecule has 1 heterocycles. The largest absolute Gasteiger partial charge is 0.340 e. The fourth-order valence-electron chi connectivity index (χ4n) is 3.54. The summed E-state index contributed by atoms with van der Waals surface area (Å²) in [7, 11) is 0. The van der Waals surface area contributed by atoms with Crippen molar-refractivity contribution in [3.8, 4) is 0 Å². The number of hydrogen-bond donors (Lipinski definition) is 2. The summed E-state index contributed by atoms with van der Waals surface area (Å²) in [6.45, 7) is 4.79. The molecule has 1 aromatic heterocycles. The lowest BCUT2D eigenvalue weighted by Gasteiger charge is -2.26. The number of benzene rings is 3. The molecule has 4 rings (SSSR count). The Labute approximate surface area is 191 Å². The van der Waals surface area contributed by atoms with E-state index in [1.165, 1.54) is 12.1 Å². The van der Waals surface area contributed by atoms with Gasteiger partial charge in [0, 0.05) is 23.3 Å². The number of aryl methyl sites for hydroxylation is 2. The number of halogens is 1. The van der Waals surface area contributed by atoms with Crippen LogP contribution >= 0.6 is 12.2 Å². The third kappa shape index (κ3) is 5.21. The lowest BCUT2D eigenvalue weighted by Crippen LogP contribution is -2.35. The van der Waals surface area contributed by atoms with Gasteiger partial charge in [0.05, 0.1) is 6.54 Å². The van der Waals surface area contributed by atoms with Crippen molar-refractivity contribution in [3.05, 3.63) is 111 Å². The Hall–Kier alpha value is -3.51. The summed E-state index contributed by atoms with van der Waals surface area (Å²) >= 11 is 5.70. The van der Waals surface area contributed by atoms with Gasteiger partial charge in [0.1, 0.15) is 5.82 Å². The third-order valence-corrected chi connectivity index (χ3v) is 5.67. The maximum absolute atomic E-state index is 13.4. The summed E-state index contributed by atoms with van der Waals surface area (Å²) in [6, 6.07) is 22.1. The predicted octanol–water partition coefficient (Wildman–Crippen LogP) is 5.68. The van der Waals surface area contributed by atoms with E-state index in [1.807, 2.05) is 67.3 Å². The Balaban J connectivity index is 1.64. The molecular weight excluding hydrogens is 421 g/mol. The zero-order chi connectivity index (χ0) is 22.7. The molecule has 3 aromatic carbocycles. The SMILES string of the molecule is Cc1ccc(NC(=S)N(Cc2ccc(F)cc2)Cc2cc3cc(C)ccc3[nH]c2=O)cc1. The van der Waals surface area contributed by atoms with Crippen LogP contribution in [0.15, 0.2) is 77.6 Å². The van der Waals surface area contributed by atoms with Crippen LogP contribution < -0.4 is 10.9 Å². The molecule has 6 heteroatoms. The molecule has 4 nitrogen and oxygen atoms in total. The highest BCUT2D eigenvalue weighted by Gasteiger charge is 2.15. The first kappa shape index (κ1) is 21.7. The predicted molar refractivity (Wildman–Crippen MR) is 132 cm³/mol. The maximum atomic E-state index is 13.4. The van der Waals surface area contributed by atoms with Crippen LogP contribution in [0.2, 0.25) is 0 Å². The number of fused-ring (bicyclic) bond motifs is 1. The number of rotatable bonds is 5. The van der Waals surface area contributed by atoms with Gasteiger partial charge >= 0.3 is 0 Å².